The average molecular weight is 383 g/mol. The number of hydrogen-bond donors (Lipinski definition) is 0. The van der Waals surface area contributed by atoms with Crippen LogP contribution in [0.4, 0.5) is 0 Å². The zero-order valence-electron chi connectivity index (χ0n) is 17.3. The van der Waals surface area contributed by atoms with Crippen molar-refractivity contribution in [2.75, 3.05) is 6.61 Å². The van der Waals surface area contributed by atoms with Gasteiger partial charge >= 0.3 is 5.97 Å². The van der Waals surface area contributed by atoms with Crippen LogP contribution in [0.2, 0.25) is 0 Å². The third-order valence-corrected chi connectivity index (χ3v) is 8.05. The number of esters is 1. The molecule has 0 saturated heterocycles. The molecule has 4 rings (SSSR count). The normalized spacial score (nSPS) is 41.4. The minimum Gasteiger partial charge on any atom is -0.458 e. The minimum atomic E-state index is -0.398. The van der Waals surface area contributed by atoms with Crippen LogP contribution in [0.1, 0.15) is 53.4 Å². The van der Waals surface area contributed by atoms with Crippen molar-refractivity contribution in [3.05, 3.63) is 35.5 Å². The van der Waals surface area contributed by atoms with Crippen LogP contribution in [0.25, 0.3) is 0 Å². The van der Waals surface area contributed by atoms with Gasteiger partial charge in [0.1, 0.15) is 6.61 Å². The molecule has 0 spiro atoms. The smallest absolute Gasteiger partial charge is 0.303 e. The first-order chi connectivity index (χ1) is 13.2. The molecule has 150 valence electrons. The number of fused-ring (bicyclic) bond motifs is 5. The molecule has 0 aromatic rings. The number of carbonyl (C=O) groups is 3. The predicted octanol–water partition coefficient (Wildman–Crippen LogP) is 4.21. The molecule has 0 bridgehead atoms. The molecule has 0 amide bonds. The lowest BCUT2D eigenvalue weighted by atomic mass is 9.52. The quantitative estimate of drug-likeness (QED) is 0.542. The summed E-state index contributed by atoms with van der Waals surface area (Å²) in [5.41, 5.74) is 2.44. The van der Waals surface area contributed by atoms with Crippen LogP contribution < -0.4 is 0 Å². The highest BCUT2D eigenvalue weighted by atomic mass is 16.5. The van der Waals surface area contributed by atoms with Gasteiger partial charge < -0.3 is 4.74 Å². The van der Waals surface area contributed by atoms with Gasteiger partial charge in [-0.15, -0.1) is 0 Å². The van der Waals surface area contributed by atoms with Crippen molar-refractivity contribution < 1.29 is 19.1 Å². The zero-order chi connectivity index (χ0) is 20.3. The Kier molecular flexibility index (Phi) is 4.52. The summed E-state index contributed by atoms with van der Waals surface area (Å²) in [5.74, 6) is 0.894. The van der Waals surface area contributed by atoms with E-state index in [1.54, 1.807) is 6.08 Å². The van der Waals surface area contributed by atoms with Gasteiger partial charge in [0.05, 0.1) is 0 Å². The van der Waals surface area contributed by atoms with Crippen LogP contribution >= 0.6 is 0 Å². The number of Topliss-reactive ketones (excluding diaryl/α,β-unsaturated/α-hetero) is 1. The van der Waals surface area contributed by atoms with E-state index in [1.165, 1.54) is 18.1 Å². The molecular weight excluding hydrogens is 352 g/mol. The summed E-state index contributed by atoms with van der Waals surface area (Å²) in [4.78, 5) is 36.0. The van der Waals surface area contributed by atoms with E-state index in [9.17, 15) is 14.4 Å². The third-order valence-electron chi connectivity index (χ3n) is 8.05. The van der Waals surface area contributed by atoms with Gasteiger partial charge in [-0.2, -0.15) is 0 Å². The molecule has 4 aliphatic carbocycles. The molecule has 4 nitrogen and oxygen atoms in total. The lowest BCUT2D eigenvalue weighted by molar-refractivity contribution is -0.148. The lowest BCUT2D eigenvalue weighted by Crippen LogP contribution is -2.45. The molecule has 2 saturated carbocycles. The van der Waals surface area contributed by atoms with E-state index in [4.69, 9.17) is 4.74 Å². The number of ketones is 2. The van der Waals surface area contributed by atoms with Gasteiger partial charge in [-0.1, -0.05) is 37.1 Å². The van der Waals surface area contributed by atoms with Crippen molar-refractivity contribution in [1.29, 1.82) is 0 Å². The lowest BCUT2D eigenvalue weighted by Gasteiger charge is -2.52. The van der Waals surface area contributed by atoms with Crippen molar-refractivity contribution in [3.8, 4) is 0 Å². The first-order valence-electron chi connectivity index (χ1n) is 10.5. The molecule has 0 aromatic heterocycles. The van der Waals surface area contributed by atoms with Crippen molar-refractivity contribution in [2.24, 2.45) is 34.5 Å². The minimum absolute atomic E-state index is 0.0651. The first kappa shape index (κ1) is 19.4. The van der Waals surface area contributed by atoms with Crippen LogP contribution in [0, 0.1) is 34.5 Å². The van der Waals surface area contributed by atoms with E-state index >= 15 is 0 Å². The Bertz CT molecular complexity index is 832. The highest BCUT2D eigenvalue weighted by molar-refractivity contribution is 6.01. The maximum atomic E-state index is 13.0. The second-order valence-corrected chi connectivity index (χ2v) is 9.67. The highest BCUT2D eigenvalue weighted by Crippen LogP contribution is 2.65. The summed E-state index contributed by atoms with van der Waals surface area (Å²) >= 11 is 0. The van der Waals surface area contributed by atoms with E-state index in [2.05, 4.69) is 32.9 Å². The Morgan fingerprint density at radius 2 is 2.04 bits per heavy atom. The fraction of sp³-hybridized carbons (Fsp3) is 0.625. The van der Waals surface area contributed by atoms with Crippen molar-refractivity contribution in [2.45, 2.75) is 53.4 Å². The van der Waals surface area contributed by atoms with Crippen LogP contribution in [-0.2, 0) is 19.1 Å². The molecule has 6 atom stereocenters. The van der Waals surface area contributed by atoms with Crippen molar-refractivity contribution in [3.63, 3.8) is 0 Å². The SMILES string of the molecule is CC(=O)OCC(=O)[C@H]1[C@@H](C)CC2C3CCC4=CC(=O)C=C[C@]4(C)C3=CC[C@@]21C. The topological polar surface area (TPSA) is 60.4 Å². The maximum absolute atomic E-state index is 13.0. The van der Waals surface area contributed by atoms with Crippen molar-refractivity contribution in [1.82, 2.24) is 0 Å². The molecule has 4 aliphatic rings. The third kappa shape index (κ3) is 2.75. The van der Waals surface area contributed by atoms with Crippen LogP contribution in [-0.4, -0.2) is 24.1 Å². The number of allylic oxidation sites excluding steroid dienone is 6. The molecule has 2 fully saturated rings. The summed E-state index contributed by atoms with van der Waals surface area (Å²) in [7, 11) is 0. The fourth-order valence-corrected chi connectivity index (χ4v) is 6.84. The Morgan fingerprint density at radius 3 is 2.75 bits per heavy atom. The van der Waals surface area contributed by atoms with Gasteiger partial charge in [0.2, 0.25) is 0 Å². The second-order valence-electron chi connectivity index (χ2n) is 9.67. The molecule has 0 aromatic carbocycles. The number of rotatable bonds is 3. The molecular formula is C24H30O4. The van der Waals surface area contributed by atoms with Crippen molar-refractivity contribution >= 4 is 17.5 Å². The predicted molar refractivity (Wildman–Crippen MR) is 106 cm³/mol. The van der Waals surface area contributed by atoms with E-state index in [0.717, 1.165) is 25.7 Å². The van der Waals surface area contributed by atoms with Gasteiger partial charge in [-0.25, -0.2) is 0 Å². The van der Waals surface area contributed by atoms with Crippen LogP contribution in [0.15, 0.2) is 35.5 Å². The van der Waals surface area contributed by atoms with E-state index < -0.39 is 5.97 Å². The summed E-state index contributed by atoms with van der Waals surface area (Å²) in [5, 5.41) is 0. The summed E-state index contributed by atoms with van der Waals surface area (Å²) < 4.78 is 5.04. The fourth-order valence-electron chi connectivity index (χ4n) is 6.84. The van der Waals surface area contributed by atoms with E-state index in [1.807, 2.05) is 6.08 Å². The summed E-state index contributed by atoms with van der Waals surface area (Å²) in [6, 6.07) is 0. The molecule has 2 unspecified atom stereocenters. The van der Waals surface area contributed by atoms with Gasteiger partial charge in [0, 0.05) is 18.3 Å². The average Bonchev–Trinajstić information content (AvgIpc) is 2.90. The molecule has 0 radical (unpaired) electrons. The number of hydrogen-bond acceptors (Lipinski definition) is 4. The van der Waals surface area contributed by atoms with Gasteiger partial charge in [0.25, 0.3) is 0 Å². The second kappa shape index (κ2) is 6.53. The summed E-state index contributed by atoms with van der Waals surface area (Å²) in [6.07, 6.45) is 11.9. The zero-order valence-corrected chi connectivity index (χ0v) is 17.3. The Hall–Kier alpha value is -1.97. The number of ether oxygens (including phenoxy) is 1. The molecule has 0 N–H and O–H groups in total. The van der Waals surface area contributed by atoms with Gasteiger partial charge in [0.15, 0.2) is 11.6 Å². The molecule has 28 heavy (non-hydrogen) atoms. The Morgan fingerprint density at radius 1 is 1.29 bits per heavy atom. The molecule has 4 heteroatoms. The Labute approximate surface area is 167 Å². The highest BCUT2D eigenvalue weighted by Gasteiger charge is 2.59. The van der Waals surface area contributed by atoms with Crippen LogP contribution in [0.3, 0.4) is 0 Å². The standard InChI is InChI=1S/C24H30O4/c1-14-11-20-18-6-5-16-12-17(26)7-9-23(16,3)19(18)8-10-24(20,4)22(14)21(27)13-28-15(2)25/h7-9,12,14,18,20,22H,5-6,10-11,13H2,1-4H3/t14-,18?,20?,22+,23-,24-/m0/s1. The van der Waals surface area contributed by atoms with E-state index in [0.29, 0.717) is 17.8 Å². The maximum Gasteiger partial charge on any atom is 0.303 e. The molecule has 0 heterocycles. The monoisotopic (exact) mass is 382 g/mol. The van der Waals surface area contributed by atoms with Gasteiger partial charge in [-0.05, 0) is 67.9 Å². The summed E-state index contributed by atoms with van der Waals surface area (Å²) in [6.45, 7) is 7.92. The molecule has 0 aliphatic heterocycles. The largest absolute Gasteiger partial charge is 0.458 e. The van der Waals surface area contributed by atoms with E-state index in [-0.39, 0.29) is 34.9 Å². The van der Waals surface area contributed by atoms with Gasteiger partial charge in [-0.3, -0.25) is 14.4 Å². The number of carbonyl (C=O) groups excluding carboxylic acids is 3. The van der Waals surface area contributed by atoms with Crippen LogP contribution in [0.5, 0.6) is 0 Å². The Balaban J connectivity index is 1.66. The first-order valence-corrected chi connectivity index (χ1v) is 10.5.